The first-order valence-electron chi connectivity index (χ1n) is 24.0. The van der Waals surface area contributed by atoms with Crippen LogP contribution in [0.5, 0.6) is 0 Å². The number of carboxylic acid groups (broad SMARTS) is 1. The maximum Gasteiger partial charge on any atom is 0.408 e. The molecular formula is C47H73N7O21. The zero-order valence-electron chi connectivity index (χ0n) is 43.8. The molecule has 1 unspecified atom stereocenters. The van der Waals surface area contributed by atoms with Crippen molar-refractivity contribution in [1.29, 1.82) is 0 Å². The molecular weight excluding hydrogens is 999 g/mol. The van der Waals surface area contributed by atoms with Crippen molar-refractivity contribution >= 4 is 42.1 Å². The highest BCUT2D eigenvalue weighted by Gasteiger charge is 2.55. The Morgan fingerprint density at radius 1 is 0.800 bits per heavy atom. The van der Waals surface area contributed by atoms with Crippen molar-refractivity contribution in [2.45, 2.75) is 185 Å². The zero-order valence-corrected chi connectivity index (χ0v) is 43.8. The number of rotatable bonds is 17. The second-order valence-electron chi connectivity index (χ2n) is 21.4. The SMILES string of the molecule is CN(C(=O)O)[C@@H]1[C@@H](O)[C@@H](O[C@@H]2[C@@H](O)[C@H](O[C@H]3OC(CNC(=O)OCc4ccc([N+](=O)[O-])cc4)=CC[C@H]3NC(=O)OC(C)(C)C)[C@@H](NC(=O)OC(C)(C)C)C[C@H]2NC(=O)C(O)CCNC(=O)OC(C)(C)C)OC[C@]1(C)O. The van der Waals surface area contributed by atoms with E-state index < -0.39 is 144 Å². The van der Waals surface area contributed by atoms with E-state index in [1.54, 1.807) is 62.3 Å². The minimum atomic E-state index is -2.02. The fourth-order valence-corrected chi connectivity index (χ4v) is 8.02. The summed E-state index contributed by atoms with van der Waals surface area (Å²) in [4.78, 5) is 88.9. The molecule has 0 bridgehead atoms. The number of alkyl carbamates (subject to hydrolysis) is 4. The van der Waals surface area contributed by atoms with Gasteiger partial charge in [0, 0.05) is 25.7 Å². The van der Waals surface area contributed by atoms with Crippen molar-refractivity contribution in [3.63, 3.8) is 0 Å². The molecule has 3 aliphatic rings. The fraction of sp³-hybridized carbons (Fsp3) is 0.702. The van der Waals surface area contributed by atoms with Crippen LogP contribution in [0.3, 0.4) is 0 Å². The van der Waals surface area contributed by atoms with E-state index in [1.807, 2.05) is 0 Å². The molecule has 28 heteroatoms. The Labute approximate surface area is 433 Å². The predicted octanol–water partition coefficient (Wildman–Crippen LogP) is 1.98. The second kappa shape index (κ2) is 25.5. The first-order valence-corrected chi connectivity index (χ1v) is 24.0. The summed E-state index contributed by atoms with van der Waals surface area (Å²) in [7, 11) is 1.09. The van der Waals surface area contributed by atoms with Crippen molar-refractivity contribution in [3.8, 4) is 0 Å². The van der Waals surface area contributed by atoms with Gasteiger partial charge in [0.1, 0.15) is 65.3 Å². The van der Waals surface area contributed by atoms with Crippen molar-refractivity contribution in [2.24, 2.45) is 0 Å². The summed E-state index contributed by atoms with van der Waals surface area (Å²) in [6, 6.07) is -0.187. The van der Waals surface area contributed by atoms with Gasteiger partial charge in [-0.05, 0) is 112 Å². The molecule has 28 nitrogen and oxygen atoms in total. The molecule has 0 radical (unpaired) electrons. The number of nitrogens with zero attached hydrogens (tertiary/aromatic N) is 2. The number of aliphatic hydroxyl groups is 4. The molecule has 2 aliphatic heterocycles. The summed E-state index contributed by atoms with van der Waals surface area (Å²) in [5.41, 5.74) is -4.57. The van der Waals surface area contributed by atoms with Crippen LogP contribution >= 0.6 is 0 Å². The van der Waals surface area contributed by atoms with Crippen LogP contribution in [-0.2, 0) is 49.3 Å². The maximum absolute atomic E-state index is 13.8. The molecule has 1 aromatic rings. The summed E-state index contributed by atoms with van der Waals surface area (Å²) in [6.45, 7) is 14.3. The number of nitro groups is 1. The van der Waals surface area contributed by atoms with Crippen LogP contribution in [0.25, 0.3) is 0 Å². The van der Waals surface area contributed by atoms with Crippen LogP contribution in [0.2, 0.25) is 0 Å². The number of aliphatic hydroxyl groups excluding tert-OH is 3. The number of hydrogen-bond acceptors (Lipinski definition) is 20. The lowest BCUT2D eigenvalue weighted by atomic mass is 9.82. The summed E-state index contributed by atoms with van der Waals surface area (Å²) >= 11 is 0. The first-order chi connectivity index (χ1) is 34.6. The second-order valence-corrected chi connectivity index (χ2v) is 21.4. The molecule has 12 atom stereocenters. The van der Waals surface area contributed by atoms with Gasteiger partial charge in [-0.1, -0.05) is 0 Å². The van der Waals surface area contributed by atoms with Gasteiger partial charge in [0.2, 0.25) is 12.2 Å². The average molecular weight is 1070 g/mol. The zero-order chi connectivity index (χ0) is 56.4. The number of likely N-dealkylation sites (N-methyl/N-ethyl adjacent to an activating group) is 1. The molecule has 2 fully saturated rings. The number of nitrogens with one attached hydrogen (secondary N) is 5. The Hall–Kier alpha value is -6.30. The Kier molecular flexibility index (Phi) is 20.8. The molecule has 6 amide bonds. The van der Waals surface area contributed by atoms with Gasteiger partial charge in [-0.25, -0.2) is 24.0 Å². The number of amides is 6. The smallest absolute Gasteiger partial charge is 0.408 e. The van der Waals surface area contributed by atoms with Crippen molar-refractivity contribution in [1.82, 2.24) is 31.5 Å². The summed E-state index contributed by atoms with van der Waals surface area (Å²) in [5.74, 6) is -0.992. The Balaban J connectivity index is 1.70. The predicted molar refractivity (Wildman–Crippen MR) is 258 cm³/mol. The third kappa shape index (κ3) is 19.1. The summed E-state index contributed by atoms with van der Waals surface area (Å²) in [6.07, 6.45) is -17.1. The van der Waals surface area contributed by atoms with Gasteiger partial charge in [0.25, 0.3) is 5.69 Å². The van der Waals surface area contributed by atoms with Gasteiger partial charge < -0.3 is 94.9 Å². The van der Waals surface area contributed by atoms with Crippen LogP contribution < -0.4 is 26.6 Å². The van der Waals surface area contributed by atoms with Gasteiger partial charge in [-0.2, -0.15) is 0 Å². The Morgan fingerprint density at radius 2 is 1.33 bits per heavy atom. The quantitative estimate of drug-likeness (QED) is 0.0606. The first kappa shape index (κ1) is 61.2. The highest BCUT2D eigenvalue weighted by molar-refractivity contribution is 5.81. The van der Waals surface area contributed by atoms with E-state index in [1.165, 1.54) is 37.3 Å². The summed E-state index contributed by atoms with van der Waals surface area (Å²) in [5, 5.41) is 80.1. The fourth-order valence-electron chi connectivity index (χ4n) is 8.02. The molecule has 1 aliphatic carbocycles. The van der Waals surface area contributed by atoms with E-state index in [4.69, 9.17) is 37.9 Å². The van der Waals surface area contributed by atoms with Crippen LogP contribution in [-0.4, -0.2) is 188 Å². The average Bonchev–Trinajstić information content (AvgIpc) is 3.26. The Bertz CT molecular complexity index is 2190. The van der Waals surface area contributed by atoms with Crippen LogP contribution in [0.4, 0.5) is 29.7 Å². The van der Waals surface area contributed by atoms with Gasteiger partial charge in [-0.3, -0.25) is 14.9 Å². The van der Waals surface area contributed by atoms with Gasteiger partial charge in [-0.15, -0.1) is 0 Å². The molecule has 1 saturated carbocycles. The van der Waals surface area contributed by atoms with E-state index >= 15 is 0 Å². The number of hydrogen-bond donors (Lipinski definition) is 10. The lowest BCUT2D eigenvalue weighted by molar-refractivity contribution is -0.384. The molecule has 4 rings (SSSR count). The largest absolute Gasteiger partial charge is 0.465 e. The van der Waals surface area contributed by atoms with Gasteiger partial charge in [0.05, 0.1) is 42.2 Å². The van der Waals surface area contributed by atoms with Crippen molar-refractivity contribution in [2.75, 3.05) is 26.7 Å². The molecule has 422 valence electrons. The Morgan fingerprint density at radius 3 is 1.88 bits per heavy atom. The third-order valence-electron chi connectivity index (χ3n) is 11.3. The number of nitro benzene ring substituents is 1. The van der Waals surface area contributed by atoms with E-state index in [9.17, 15) is 64.4 Å². The van der Waals surface area contributed by atoms with Crippen molar-refractivity contribution in [3.05, 3.63) is 51.8 Å². The molecule has 10 N–H and O–H groups in total. The van der Waals surface area contributed by atoms with Crippen LogP contribution in [0.15, 0.2) is 36.1 Å². The van der Waals surface area contributed by atoms with E-state index in [-0.39, 0.29) is 44.0 Å². The lowest BCUT2D eigenvalue weighted by Gasteiger charge is -2.50. The van der Waals surface area contributed by atoms with E-state index in [0.29, 0.717) is 10.5 Å². The molecule has 75 heavy (non-hydrogen) atoms. The molecule has 0 spiro atoms. The standard InChI is InChI=1S/C47H73N7O21/c1-44(2,3)73-40(60)48-19-18-30(55)36(58)50-28-20-29(52-42(62)75-46(7,8)9)34(31(56)33(28)72-38-32(57)35(53(11)43(63)64)47(10,65)23-69-38)71-37-27(51-41(61)74-45(4,5)6)17-16-26(70-37)21-49-39(59)68-22-24-12-14-25(15-13-24)54(66)67/h12-16,27-35,37-38,55-57,65H,17-23H2,1-11H3,(H,48,60)(H,49,59)(H,50,58)(H,51,61)(H,52,62)(H,63,64)/t27-,28-,29+,30?,31-,32-,33+,34-,35-,37-,38-,47+/m1/s1. The normalized spacial score (nSPS) is 27.4. The lowest BCUT2D eigenvalue weighted by Crippen LogP contribution is -2.70. The minimum absolute atomic E-state index is 0.0501. The number of benzene rings is 1. The van der Waals surface area contributed by atoms with Gasteiger partial charge >= 0.3 is 30.5 Å². The van der Waals surface area contributed by atoms with Gasteiger partial charge in [0.15, 0.2) is 6.29 Å². The van der Waals surface area contributed by atoms with E-state index in [0.717, 1.165) is 7.05 Å². The number of carbonyl (C=O) groups is 6. The highest BCUT2D eigenvalue weighted by Crippen LogP contribution is 2.35. The van der Waals surface area contributed by atoms with Crippen LogP contribution in [0.1, 0.15) is 94.1 Å². The highest BCUT2D eigenvalue weighted by atomic mass is 16.7. The molecule has 1 saturated heterocycles. The topological polar surface area (TPSA) is 384 Å². The number of carbonyl (C=O) groups excluding carboxylic acids is 5. The monoisotopic (exact) mass is 1070 g/mol. The number of ether oxygens (including phenoxy) is 8. The van der Waals surface area contributed by atoms with E-state index in [2.05, 4.69) is 26.6 Å². The number of non-ortho nitro benzene ring substituents is 1. The summed E-state index contributed by atoms with van der Waals surface area (Å²) < 4.78 is 46.2. The maximum atomic E-state index is 13.8. The molecule has 1 aromatic carbocycles. The molecule has 2 heterocycles. The molecule has 0 aromatic heterocycles. The van der Waals surface area contributed by atoms with Crippen LogP contribution in [0, 0.1) is 10.1 Å². The van der Waals surface area contributed by atoms with Crippen molar-refractivity contribution < 1.29 is 97.1 Å². The third-order valence-corrected chi connectivity index (χ3v) is 11.3. The minimum Gasteiger partial charge on any atom is -0.465 e.